The molecular weight excluding hydrogens is 254 g/mol. The molecule has 0 saturated carbocycles. The number of hydrogen-bond acceptors (Lipinski definition) is 6. The van der Waals surface area contributed by atoms with Gasteiger partial charge in [-0.15, -0.1) is 10.2 Å². The van der Waals surface area contributed by atoms with Crippen LogP contribution < -0.4 is 0 Å². The predicted octanol–water partition coefficient (Wildman–Crippen LogP) is 1.35. The standard InChI is InChI=1S/C13H13N7/c1-8-4-6-15-11(16-8)13-19-18-12(20(13)3)10-5-7-14-9(2)17-10/h4-7H,1-3H3. The molecule has 0 aliphatic rings. The van der Waals surface area contributed by atoms with Crippen molar-refractivity contribution in [1.29, 1.82) is 0 Å². The molecule has 3 rings (SSSR count). The molecular formula is C13H13N7. The van der Waals surface area contributed by atoms with Crippen molar-refractivity contribution in [3.05, 3.63) is 36.0 Å². The van der Waals surface area contributed by atoms with E-state index in [1.165, 1.54) is 0 Å². The van der Waals surface area contributed by atoms with E-state index in [0.29, 0.717) is 23.3 Å². The highest BCUT2D eigenvalue weighted by molar-refractivity contribution is 5.54. The lowest BCUT2D eigenvalue weighted by Gasteiger charge is -2.03. The van der Waals surface area contributed by atoms with E-state index in [0.717, 1.165) is 11.4 Å². The third-order valence-corrected chi connectivity index (χ3v) is 2.87. The summed E-state index contributed by atoms with van der Waals surface area (Å²) < 4.78 is 1.83. The van der Waals surface area contributed by atoms with Gasteiger partial charge in [0.05, 0.1) is 0 Å². The maximum absolute atomic E-state index is 4.36. The first-order valence-corrected chi connectivity index (χ1v) is 6.14. The smallest absolute Gasteiger partial charge is 0.201 e. The number of rotatable bonds is 2. The highest BCUT2D eigenvalue weighted by atomic mass is 15.3. The molecule has 0 aromatic carbocycles. The molecule has 0 bridgehead atoms. The molecule has 7 heteroatoms. The lowest BCUT2D eigenvalue weighted by atomic mass is 10.3. The van der Waals surface area contributed by atoms with Gasteiger partial charge in [0.25, 0.3) is 0 Å². The fourth-order valence-electron chi connectivity index (χ4n) is 1.88. The van der Waals surface area contributed by atoms with Crippen LogP contribution in [0.2, 0.25) is 0 Å². The lowest BCUT2D eigenvalue weighted by Crippen LogP contribution is -2.01. The summed E-state index contributed by atoms with van der Waals surface area (Å²) in [7, 11) is 1.87. The molecule has 7 nitrogen and oxygen atoms in total. The third kappa shape index (κ3) is 2.13. The van der Waals surface area contributed by atoms with Crippen molar-refractivity contribution in [2.45, 2.75) is 13.8 Å². The van der Waals surface area contributed by atoms with E-state index in [-0.39, 0.29) is 0 Å². The van der Waals surface area contributed by atoms with Crippen molar-refractivity contribution in [2.24, 2.45) is 7.05 Å². The average Bonchev–Trinajstić information content (AvgIpc) is 2.80. The van der Waals surface area contributed by atoms with Gasteiger partial charge in [0.15, 0.2) is 11.6 Å². The van der Waals surface area contributed by atoms with E-state index in [4.69, 9.17) is 0 Å². The summed E-state index contributed by atoms with van der Waals surface area (Å²) in [5, 5.41) is 8.34. The summed E-state index contributed by atoms with van der Waals surface area (Å²) in [6.07, 6.45) is 3.41. The number of aryl methyl sites for hydroxylation is 2. The van der Waals surface area contributed by atoms with E-state index in [9.17, 15) is 0 Å². The fourth-order valence-corrected chi connectivity index (χ4v) is 1.88. The molecule has 3 aromatic heterocycles. The van der Waals surface area contributed by atoms with Gasteiger partial charge >= 0.3 is 0 Å². The predicted molar refractivity (Wildman–Crippen MR) is 72.5 cm³/mol. The van der Waals surface area contributed by atoms with Crippen molar-refractivity contribution in [3.63, 3.8) is 0 Å². The Balaban J connectivity index is 2.09. The van der Waals surface area contributed by atoms with Gasteiger partial charge in [-0.25, -0.2) is 19.9 Å². The van der Waals surface area contributed by atoms with Crippen molar-refractivity contribution in [3.8, 4) is 23.2 Å². The Hall–Kier alpha value is -2.70. The third-order valence-electron chi connectivity index (χ3n) is 2.87. The lowest BCUT2D eigenvalue weighted by molar-refractivity contribution is 0.899. The summed E-state index contributed by atoms with van der Waals surface area (Å²) in [5.74, 6) is 2.52. The molecule has 0 aliphatic carbocycles. The average molecular weight is 267 g/mol. The molecule has 0 atom stereocenters. The Kier molecular flexibility index (Phi) is 2.94. The molecule has 3 heterocycles. The van der Waals surface area contributed by atoms with Crippen molar-refractivity contribution in [2.75, 3.05) is 0 Å². The largest absolute Gasteiger partial charge is 0.306 e. The van der Waals surface area contributed by atoms with Gasteiger partial charge in [-0.3, -0.25) is 0 Å². The van der Waals surface area contributed by atoms with Crippen molar-refractivity contribution < 1.29 is 0 Å². The summed E-state index contributed by atoms with van der Waals surface area (Å²) in [6, 6.07) is 3.65. The van der Waals surface area contributed by atoms with Gasteiger partial charge in [-0.1, -0.05) is 0 Å². The minimum Gasteiger partial charge on any atom is -0.306 e. The molecule has 0 radical (unpaired) electrons. The van der Waals surface area contributed by atoms with Crippen LogP contribution >= 0.6 is 0 Å². The highest BCUT2D eigenvalue weighted by Crippen LogP contribution is 2.19. The molecule has 0 N–H and O–H groups in total. The fraction of sp³-hybridized carbons (Fsp3) is 0.231. The summed E-state index contributed by atoms with van der Waals surface area (Å²) in [6.45, 7) is 3.75. The topological polar surface area (TPSA) is 82.3 Å². The molecule has 3 aromatic rings. The van der Waals surface area contributed by atoms with Crippen LogP contribution in [0, 0.1) is 13.8 Å². The van der Waals surface area contributed by atoms with Gasteiger partial charge < -0.3 is 4.57 Å². The monoisotopic (exact) mass is 267 g/mol. The van der Waals surface area contributed by atoms with Crippen LogP contribution in [-0.4, -0.2) is 34.7 Å². The zero-order valence-corrected chi connectivity index (χ0v) is 11.4. The van der Waals surface area contributed by atoms with Gasteiger partial charge in [0, 0.05) is 25.1 Å². The first-order chi connectivity index (χ1) is 9.65. The second kappa shape index (κ2) is 4.76. The Morgan fingerprint density at radius 2 is 1.65 bits per heavy atom. The number of aromatic nitrogens is 7. The van der Waals surface area contributed by atoms with E-state index < -0.39 is 0 Å². The van der Waals surface area contributed by atoms with Crippen LogP contribution in [0.3, 0.4) is 0 Å². The van der Waals surface area contributed by atoms with Gasteiger partial charge in [0.1, 0.15) is 11.5 Å². The Labute approximate surface area is 115 Å². The number of hydrogen-bond donors (Lipinski definition) is 0. The highest BCUT2D eigenvalue weighted by Gasteiger charge is 2.15. The Morgan fingerprint density at radius 1 is 0.900 bits per heavy atom. The first kappa shape index (κ1) is 12.3. The van der Waals surface area contributed by atoms with Crippen LogP contribution in [0.25, 0.3) is 23.2 Å². The quantitative estimate of drug-likeness (QED) is 0.697. The first-order valence-electron chi connectivity index (χ1n) is 6.14. The van der Waals surface area contributed by atoms with Gasteiger partial charge in [-0.05, 0) is 26.0 Å². The number of nitrogens with zero attached hydrogens (tertiary/aromatic N) is 7. The van der Waals surface area contributed by atoms with Crippen LogP contribution in [-0.2, 0) is 7.05 Å². The summed E-state index contributed by atoms with van der Waals surface area (Å²) >= 11 is 0. The van der Waals surface area contributed by atoms with E-state index >= 15 is 0 Å². The SMILES string of the molecule is Cc1ccnc(-c2nnc(-c3ccnc(C)n3)n2C)n1. The second-order valence-corrected chi connectivity index (χ2v) is 4.42. The summed E-state index contributed by atoms with van der Waals surface area (Å²) in [5.41, 5.74) is 1.61. The second-order valence-electron chi connectivity index (χ2n) is 4.42. The van der Waals surface area contributed by atoms with Crippen molar-refractivity contribution >= 4 is 0 Å². The van der Waals surface area contributed by atoms with Gasteiger partial charge in [-0.2, -0.15) is 0 Å². The maximum Gasteiger partial charge on any atom is 0.201 e. The van der Waals surface area contributed by atoms with Crippen molar-refractivity contribution in [1.82, 2.24) is 34.7 Å². The van der Waals surface area contributed by atoms with Crippen LogP contribution in [0.1, 0.15) is 11.5 Å². The minimum atomic E-state index is 0.553. The zero-order valence-electron chi connectivity index (χ0n) is 11.4. The van der Waals surface area contributed by atoms with Gasteiger partial charge in [0.2, 0.25) is 5.82 Å². The zero-order chi connectivity index (χ0) is 14.1. The summed E-state index contributed by atoms with van der Waals surface area (Å²) in [4.78, 5) is 17.0. The molecule has 0 fully saturated rings. The molecule has 20 heavy (non-hydrogen) atoms. The molecule has 0 aliphatic heterocycles. The molecule has 0 saturated heterocycles. The van der Waals surface area contributed by atoms with E-state index in [2.05, 4.69) is 30.1 Å². The molecule has 0 spiro atoms. The van der Waals surface area contributed by atoms with E-state index in [1.54, 1.807) is 18.5 Å². The maximum atomic E-state index is 4.36. The molecule has 0 unspecified atom stereocenters. The Bertz CT molecular complexity index is 700. The van der Waals surface area contributed by atoms with Crippen LogP contribution in [0.5, 0.6) is 0 Å². The van der Waals surface area contributed by atoms with Crippen LogP contribution in [0.4, 0.5) is 0 Å². The van der Waals surface area contributed by atoms with E-state index in [1.807, 2.05) is 31.5 Å². The Morgan fingerprint density at radius 3 is 2.40 bits per heavy atom. The minimum absolute atomic E-state index is 0.553. The molecule has 100 valence electrons. The molecule has 0 amide bonds. The normalized spacial score (nSPS) is 10.8. The van der Waals surface area contributed by atoms with Crippen LogP contribution in [0.15, 0.2) is 24.5 Å².